The third-order valence-corrected chi connectivity index (χ3v) is 7.30. The van der Waals surface area contributed by atoms with Crippen LogP contribution < -0.4 is 27.4 Å². The number of aliphatic carboxylic acids is 1. The van der Waals surface area contributed by atoms with E-state index in [0.717, 1.165) is 10.9 Å². The van der Waals surface area contributed by atoms with Crippen molar-refractivity contribution in [3.8, 4) is 0 Å². The maximum Gasteiger partial charge on any atom is 0.326 e. The van der Waals surface area contributed by atoms with Crippen molar-refractivity contribution < 1.29 is 29.1 Å². The van der Waals surface area contributed by atoms with Crippen molar-refractivity contribution in [2.45, 2.75) is 49.9 Å². The molecular weight excluding hydrogens is 576 g/mol. The number of benzene rings is 3. The number of fused-ring (bicyclic) bond motifs is 1. The van der Waals surface area contributed by atoms with E-state index in [1.54, 1.807) is 66.9 Å². The molecule has 0 saturated heterocycles. The molecule has 4 atom stereocenters. The van der Waals surface area contributed by atoms with Gasteiger partial charge in [-0.05, 0) is 22.8 Å². The third kappa shape index (κ3) is 9.25. The lowest BCUT2D eigenvalue weighted by Gasteiger charge is -2.25. The molecule has 3 aromatic carbocycles. The van der Waals surface area contributed by atoms with Crippen molar-refractivity contribution in [2.24, 2.45) is 11.5 Å². The Kier molecular flexibility index (Phi) is 11.0. The predicted octanol–water partition coefficient (Wildman–Crippen LogP) is 0.938. The summed E-state index contributed by atoms with van der Waals surface area (Å²) in [6.45, 7) is 0. The fraction of sp³-hybridized carbons (Fsp3) is 0.242. The van der Waals surface area contributed by atoms with E-state index < -0.39 is 60.2 Å². The first kappa shape index (κ1) is 32.4. The van der Waals surface area contributed by atoms with Crippen molar-refractivity contribution in [1.82, 2.24) is 20.9 Å². The van der Waals surface area contributed by atoms with Gasteiger partial charge in [0.2, 0.25) is 23.6 Å². The van der Waals surface area contributed by atoms with E-state index in [1.807, 2.05) is 24.3 Å². The summed E-state index contributed by atoms with van der Waals surface area (Å²) in [6, 6.07) is 20.2. The minimum absolute atomic E-state index is 0.0241. The number of hydrogen-bond acceptors (Lipinski definition) is 6. The minimum Gasteiger partial charge on any atom is -0.480 e. The highest BCUT2D eigenvalue weighted by Gasteiger charge is 2.31. The number of primary amides is 1. The summed E-state index contributed by atoms with van der Waals surface area (Å²) in [5, 5.41) is 18.6. The van der Waals surface area contributed by atoms with E-state index in [1.165, 1.54) is 0 Å². The lowest BCUT2D eigenvalue weighted by molar-refractivity contribution is -0.142. The van der Waals surface area contributed by atoms with Crippen molar-refractivity contribution in [3.63, 3.8) is 0 Å². The van der Waals surface area contributed by atoms with Crippen LogP contribution in [0, 0.1) is 0 Å². The topological polar surface area (TPSA) is 209 Å². The first-order chi connectivity index (χ1) is 21.6. The lowest BCUT2D eigenvalue weighted by atomic mass is 10.0. The summed E-state index contributed by atoms with van der Waals surface area (Å²) in [5.74, 6) is -4.20. The minimum atomic E-state index is -1.29. The Morgan fingerprint density at radius 1 is 0.667 bits per heavy atom. The van der Waals surface area contributed by atoms with E-state index in [9.17, 15) is 29.1 Å². The van der Waals surface area contributed by atoms with Crippen LogP contribution in [0.4, 0.5) is 0 Å². The number of carboxylic acid groups (broad SMARTS) is 1. The van der Waals surface area contributed by atoms with Crippen LogP contribution >= 0.6 is 0 Å². The number of rotatable bonds is 15. The molecule has 9 N–H and O–H groups in total. The Bertz CT molecular complexity index is 1640. The number of H-pyrrole nitrogens is 1. The fourth-order valence-corrected chi connectivity index (χ4v) is 4.97. The van der Waals surface area contributed by atoms with Crippen LogP contribution in [-0.2, 0) is 43.2 Å². The summed E-state index contributed by atoms with van der Waals surface area (Å²) >= 11 is 0. The van der Waals surface area contributed by atoms with Gasteiger partial charge in [0.25, 0.3) is 0 Å². The van der Waals surface area contributed by atoms with E-state index in [2.05, 4.69) is 20.9 Å². The average molecular weight is 613 g/mol. The van der Waals surface area contributed by atoms with Crippen molar-refractivity contribution in [1.29, 1.82) is 0 Å². The van der Waals surface area contributed by atoms with Gasteiger partial charge in [-0.1, -0.05) is 78.9 Å². The van der Waals surface area contributed by atoms with Crippen LogP contribution in [0.25, 0.3) is 10.9 Å². The van der Waals surface area contributed by atoms with Crippen LogP contribution in [0.1, 0.15) is 23.1 Å². The monoisotopic (exact) mass is 612 g/mol. The smallest absolute Gasteiger partial charge is 0.326 e. The molecule has 4 amide bonds. The Morgan fingerprint density at radius 3 is 1.73 bits per heavy atom. The zero-order valence-electron chi connectivity index (χ0n) is 24.4. The van der Waals surface area contributed by atoms with Gasteiger partial charge in [0, 0.05) is 36.4 Å². The highest BCUT2D eigenvalue weighted by atomic mass is 16.4. The molecule has 0 aliphatic carbocycles. The number of aromatic amines is 1. The average Bonchev–Trinajstić information content (AvgIpc) is 3.43. The summed E-state index contributed by atoms with van der Waals surface area (Å²) in [6.07, 6.45) is 1.40. The molecule has 1 aromatic heterocycles. The number of amides is 4. The first-order valence-electron chi connectivity index (χ1n) is 14.4. The molecule has 4 unspecified atom stereocenters. The molecule has 4 aromatic rings. The van der Waals surface area contributed by atoms with Gasteiger partial charge >= 0.3 is 5.97 Å². The normalized spacial score (nSPS) is 13.6. The van der Waals surface area contributed by atoms with Crippen LogP contribution in [-0.4, -0.2) is 63.9 Å². The van der Waals surface area contributed by atoms with Crippen LogP contribution in [0.15, 0.2) is 91.1 Å². The number of nitrogens with one attached hydrogen (secondary N) is 4. The number of aromatic nitrogens is 1. The number of hydrogen-bond donors (Lipinski definition) is 7. The zero-order chi connectivity index (χ0) is 32.3. The third-order valence-electron chi connectivity index (χ3n) is 7.30. The van der Waals surface area contributed by atoms with Gasteiger partial charge in [-0.2, -0.15) is 0 Å². The molecule has 0 radical (unpaired) electrons. The Morgan fingerprint density at radius 2 is 1.16 bits per heavy atom. The van der Waals surface area contributed by atoms with Gasteiger partial charge in [0.15, 0.2) is 0 Å². The van der Waals surface area contributed by atoms with E-state index in [-0.39, 0.29) is 19.3 Å². The highest BCUT2D eigenvalue weighted by molar-refractivity contribution is 5.96. The summed E-state index contributed by atoms with van der Waals surface area (Å²) in [4.78, 5) is 67.0. The van der Waals surface area contributed by atoms with E-state index in [4.69, 9.17) is 11.5 Å². The van der Waals surface area contributed by atoms with Gasteiger partial charge in [-0.15, -0.1) is 0 Å². The van der Waals surface area contributed by atoms with Crippen molar-refractivity contribution >= 4 is 40.5 Å². The molecule has 0 aliphatic heterocycles. The number of nitrogens with two attached hydrogens (primary N) is 2. The number of para-hydroxylation sites is 1. The number of carbonyl (C=O) groups is 5. The Labute approximate surface area is 259 Å². The predicted molar refractivity (Wildman–Crippen MR) is 168 cm³/mol. The fourth-order valence-electron chi connectivity index (χ4n) is 4.97. The molecule has 0 aliphatic rings. The molecule has 0 saturated carbocycles. The zero-order valence-corrected chi connectivity index (χ0v) is 24.4. The summed E-state index contributed by atoms with van der Waals surface area (Å²) in [7, 11) is 0. The highest BCUT2D eigenvalue weighted by Crippen LogP contribution is 2.19. The maximum absolute atomic E-state index is 13.8. The summed E-state index contributed by atoms with van der Waals surface area (Å²) < 4.78 is 0. The molecule has 12 heteroatoms. The van der Waals surface area contributed by atoms with Gasteiger partial charge < -0.3 is 37.5 Å². The molecule has 0 fully saturated rings. The first-order valence-corrected chi connectivity index (χ1v) is 14.4. The maximum atomic E-state index is 13.8. The molecule has 0 bridgehead atoms. The van der Waals surface area contributed by atoms with E-state index in [0.29, 0.717) is 16.7 Å². The molecule has 1 heterocycles. The molecule has 234 valence electrons. The standard InChI is InChI=1S/C33H36N6O6/c34-24(18-29(35)40)30(41)37-27(17-22-19-36-25-14-8-7-13-23(22)25)32(43)38-26(15-20-9-3-1-4-10-20)31(42)39-28(33(44)45)16-21-11-5-2-6-12-21/h1-14,19,24,26-28,36H,15-18,34H2,(H2,35,40)(H,37,41)(H,38,43)(H,39,42)(H,44,45). The molecule has 45 heavy (non-hydrogen) atoms. The van der Waals surface area contributed by atoms with Crippen LogP contribution in [0.2, 0.25) is 0 Å². The van der Waals surface area contributed by atoms with Crippen molar-refractivity contribution in [2.75, 3.05) is 0 Å². The van der Waals surface area contributed by atoms with Crippen LogP contribution in [0.3, 0.4) is 0 Å². The second-order valence-corrected chi connectivity index (χ2v) is 10.7. The van der Waals surface area contributed by atoms with Gasteiger partial charge in [-0.25, -0.2) is 4.79 Å². The largest absolute Gasteiger partial charge is 0.480 e. The van der Waals surface area contributed by atoms with Gasteiger partial charge in [-0.3, -0.25) is 19.2 Å². The van der Waals surface area contributed by atoms with Gasteiger partial charge in [0.1, 0.15) is 18.1 Å². The number of carboxylic acids is 1. The SMILES string of the molecule is NC(=O)CC(N)C(=O)NC(Cc1c[nH]c2ccccc12)C(=O)NC(Cc1ccccc1)C(=O)NC(Cc1ccccc1)C(=O)O. The lowest BCUT2D eigenvalue weighted by Crippen LogP contribution is -2.58. The van der Waals surface area contributed by atoms with Crippen LogP contribution in [0.5, 0.6) is 0 Å². The Hall–Kier alpha value is -5.49. The van der Waals surface area contributed by atoms with Gasteiger partial charge in [0.05, 0.1) is 12.5 Å². The molecule has 12 nitrogen and oxygen atoms in total. The second kappa shape index (κ2) is 15.3. The molecule has 4 rings (SSSR count). The number of carbonyl (C=O) groups excluding carboxylic acids is 4. The Balaban J connectivity index is 1.59. The summed E-state index contributed by atoms with van der Waals surface area (Å²) in [5.41, 5.74) is 14.0. The van der Waals surface area contributed by atoms with Crippen molar-refractivity contribution in [3.05, 3.63) is 108 Å². The van der Waals surface area contributed by atoms with E-state index >= 15 is 0 Å². The quantitative estimate of drug-likeness (QED) is 0.103. The second-order valence-electron chi connectivity index (χ2n) is 10.7. The molecule has 0 spiro atoms. The molecular formula is C33H36N6O6.